The first kappa shape index (κ1) is 17.7. The van der Waals surface area contributed by atoms with Gasteiger partial charge in [0.1, 0.15) is 17.0 Å². The van der Waals surface area contributed by atoms with Crippen LogP contribution in [0.3, 0.4) is 0 Å². The molecule has 0 aliphatic carbocycles. The van der Waals surface area contributed by atoms with Crippen molar-refractivity contribution >= 4 is 11.6 Å². The molecule has 0 aliphatic heterocycles. The number of nitrogens with one attached hydrogen (secondary N) is 2. The molecule has 7 nitrogen and oxygen atoms in total. The summed E-state index contributed by atoms with van der Waals surface area (Å²) in [6.45, 7) is 1.95. The highest BCUT2D eigenvalue weighted by molar-refractivity contribution is 5.94. The molecule has 4 aromatic rings. The third-order valence-electron chi connectivity index (χ3n) is 4.58. The first-order valence-corrected chi connectivity index (χ1v) is 9.05. The average Bonchev–Trinajstić information content (AvgIpc) is 3.23. The Balaban J connectivity index is 1.59. The summed E-state index contributed by atoms with van der Waals surface area (Å²) in [5.41, 5.74) is 1.98. The van der Waals surface area contributed by atoms with Gasteiger partial charge in [-0.25, -0.2) is 9.97 Å². The lowest BCUT2D eigenvalue weighted by atomic mass is 10.2. The Morgan fingerprint density at radius 2 is 1.89 bits per heavy atom. The van der Waals surface area contributed by atoms with Crippen LogP contribution in [0.1, 0.15) is 35.6 Å². The molecule has 140 valence electrons. The molecule has 0 spiro atoms. The minimum Gasteiger partial charge on any atom is -0.342 e. The van der Waals surface area contributed by atoms with E-state index < -0.39 is 11.5 Å². The number of pyridine rings is 1. The van der Waals surface area contributed by atoms with Crippen molar-refractivity contribution < 1.29 is 4.79 Å². The highest BCUT2D eigenvalue weighted by Crippen LogP contribution is 2.20. The summed E-state index contributed by atoms with van der Waals surface area (Å²) >= 11 is 0. The van der Waals surface area contributed by atoms with E-state index in [0.717, 1.165) is 11.3 Å². The summed E-state index contributed by atoms with van der Waals surface area (Å²) in [7, 11) is 0. The molecule has 2 N–H and O–H groups in total. The topological polar surface area (TPSA) is 92.2 Å². The Morgan fingerprint density at radius 3 is 2.68 bits per heavy atom. The van der Waals surface area contributed by atoms with Gasteiger partial charge in [0.25, 0.3) is 11.5 Å². The van der Waals surface area contributed by atoms with Crippen LogP contribution in [-0.2, 0) is 0 Å². The predicted octanol–water partition coefficient (Wildman–Crippen LogP) is 2.97. The van der Waals surface area contributed by atoms with Gasteiger partial charge in [-0.15, -0.1) is 0 Å². The van der Waals surface area contributed by atoms with Crippen molar-refractivity contribution in [3.63, 3.8) is 0 Å². The number of amides is 1. The van der Waals surface area contributed by atoms with E-state index in [-0.39, 0.29) is 11.6 Å². The molecule has 1 aromatic carbocycles. The van der Waals surface area contributed by atoms with Crippen molar-refractivity contribution in [2.45, 2.75) is 19.4 Å². The summed E-state index contributed by atoms with van der Waals surface area (Å²) in [6, 6.07) is 14.7. The van der Waals surface area contributed by atoms with Crippen LogP contribution in [0.5, 0.6) is 0 Å². The molecule has 0 fully saturated rings. The number of H-pyrrole nitrogens is 1. The van der Waals surface area contributed by atoms with Gasteiger partial charge in [0.2, 0.25) is 0 Å². The maximum absolute atomic E-state index is 12.7. The van der Waals surface area contributed by atoms with Gasteiger partial charge in [0.15, 0.2) is 0 Å². The molecule has 0 radical (unpaired) electrons. The van der Waals surface area contributed by atoms with Gasteiger partial charge in [-0.3, -0.25) is 14.0 Å². The molecule has 3 heterocycles. The summed E-state index contributed by atoms with van der Waals surface area (Å²) in [6.07, 6.45) is 5.27. The van der Waals surface area contributed by atoms with Crippen LogP contribution in [0.2, 0.25) is 0 Å². The number of rotatable bonds is 5. The van der Waals surface area contributed by atoms with Crippen LogP contribution in [0.25, 0.3) is 16.9 Å². The number of aromatic nitrogens is 4. The third-order valence-corrected chi connectivity index (χ3v) is 4.58. The lowest BCUT2D eigenvalue weighted by Crippen LogP contribution is -2.34. The fraction of sp³-hybridized carbons (Fsp3) is 0.143. The molecule has 1 atom stereocenters. The monoisotopic (exact) mass is 373 g/mol. The van der Waals surface area contributed by atoms with Crippen molar-refractivity contribution in [1.82, 2.24) is 24.7 Å². The smallest absolute Gasteiger partial charge is 0.270 e. The van der Waals surface area contributed by atoms with Crippen LogP contribution in [0, 0.1) is 0 Å². The van der Waals surface area contributed by atoms with Crippen molar-refractivity contribution in [2.75, 3.05) is 0 Å². The van der Waals surface area contributed by atoms with E-state index in [4.69, 9.17) is 0 Å². The lowest BCUT2D eigenvalue weighted by Gasteiger charge is -2.14. The van der Waals surface area contributed by atoms with Crippen molar-refractivity contribution in [3.05, 3.63) is 88.9 Å². The molecule has 0 bridgehead atoms. The second-order valence-corrected chi connectivity index (χ2v) is 6.39. The van der Waals surface area contributed by atoms with E-state index in [9.17, 15) is 9.59 Å². The number of hydrogen-bond donors (Lipinski definition) is 2. The molecule has 4 rings (SSSR count). The number of hydrogen-bond acceptors (Lipinski definition) is 4. The molecule has 3 aromatic heterocycles. The molecule has 1 unspecified atom stereocenters. The number of fused-ring (bicyclic) bond motifs is 1. The van der Waals surface area contributed by atoms with Gasteiger partial charge in [0.05, 0.1) is 17.9 Å². The first-order chi connectivity index (χ1) is 13.7. The van der Waals surface area contributed by atoms with Gasteiger partial charge in [-0.2, -0.15) is 0 Å². The fourth-order valence-electron chi connectivity index (χ4n) is 3.06. The molecular weight excluding hydrogens is 354 g/mol. The Hall–Kier alpha value is -3.74. The average molecular weight is 373 g/mol. The highest BCUT2D eigenvalue weighted by atomic mass is 16.2. The van der Waals surface area contributed by atoms with Gasteiger partial charge in [-0.1, -0.05) is 43.3 Å². The second kappa shape index (κ2) is 7.48. The highest BCUT2D eigenvalue weighted by Gasteiger charge is 2.20. The summed E-state index contributed by atoms with van der Waals surface area (Å²) < 4.78 is 1.36. The van der Waals surface area contributed by atoms with E-state index in [1.54, 1.807) is 30.6 Å². The fourth-order valence-corrected chi connectivity index (χ4v) is 3.06. The maximum atomic E-state index is 12.7. The van der Waals surface area contributed by atoms with Gasteiger partial charge in [-0.05, 0) is 24.1 Å². The number of carbonyl (C=O) groups excluding carboxylic acids is 1. The largest absolute Gasteiger partial charge is 0.342 e. The Labute approximate surface area is 161 Å². The van der Waals surface area contributed by atoms with E-state index in [1.807, 2.05) is 37.3 Å². The van der Waals surface area contributed by atoms with E-state index >= 15 is 0 Å². The molecule has 0 saturated heterocycles. The normalized spacial score (nSPS) is 12.0. The molecule has 1 amide bonds. The predicted molar refractivity (Wildman–Crippen MR) is 106 cm³/mol. The van der Waals surface area contributed by atoms with Crippen LogP contribution in [0.4, 0.5) is 0 Å². The first-order valence-electron chi connectivity index (χ1n) is 9.05. The van der Waals surface area contributed by atoms with Crippen LogP contribution in [0.15, 0.2) is 71.9 Å². The van der Waals surface area contributed by atoms with Crippen LogP contribution < -0.4 is 10.9 Å². The van der Waals surface area contributed by atoms with Gasteiger partial charge < -0.3 is 10.3 Å². The SMILES string of the molecule is CCC(NC(=O)c1cnc2ccccn2c1=O)c1ncc(-c2ccccc2)[nH]1. The number of imidazole rings is 1. The van der Waals surface area contributed by atoms with Gasteiger partial charge in [0, 0.05) is 12.4 Å². The number of benzene rings is 1. The van der Waals surface area contributed by atoms with E-state index in [2.05, 4.69) is 20.3 Å². The molecule has 28 heavy (non-hydrogen) atoms. The standard InChI is InChI=1S/C21H19N5O2/c1-2-16(19-23-13-17(24-19)14-8-4-3-5-9-14)25-20(27)15-12-22-18-10-6-7-11-26(18)21(15)28/h3-13,16H,2H2,1H3,(H,23,24)(H,25,27). The number of nitrogens with zero attached hydrogens (tertiary/aromatic N) is 3. The Bertz CT molecular complexity index is 1180. The van der Waals surface area contributed by atoms with Crippen molar-refractivity contribution in [2.24, 2.45) is 0 Å². The molecule has 7 heteroatoms. The van der Waals surface area contributed by atoms with Crippen LogP contribution >= 0.6 is 0 Å². The number of carbonyl (C=O) groups is 1. The lowest BCUT2D eigenvalue weighted by molar-refractivity contribution is 0.0932. The maximum Gasteiger partial charge on any atom is 0.270 e. The van der Waals surface area contributed by atoms with Crippen molar-refractivity contribution in [3.8, 4) is 11.3 Å². The van der Waals surface area contributed by atoms with E-state index in [1.165, 1.54) is 10.6 Å². The van der Waals surface area contributed by atoms with Gasteiger partial charge >= 0.3 is 0 Å². The minimum atomic E-state index is -0.472. The summed E-state index contributed by atoms with van der Waals surface area (Å²) in [4.78, 5) is 37.2. The number of aromatic amines is 1. The quantitative estimate of drug-likeness (QED) is 0.563. The summed E-state index contributed by atoms with van der Waals surface area (Å²) in [5.74, 6) is 0.170. The Morgan fingerprint density at radius 1 is 1.11 bits per heavy atom. The zero-order valence-electron chi connectivity index (χ0n) is 15.3. The zero-order valence-corrected chi connectivity index (χ0v) is 15.3. The Kier molecular flexibility index (Phi) is 4.72. The third kappa shape index (κ3) is 3.29. The minimum absolute atomic E-state index is 0.00279. The van der Waals surface area contributed by atoms with Crippen LogP contribution in [-0.4, -0.2) is 25.3 Å². The molecule has 0 saturated carbocycles. The second-order valence-electron chi connectivity index (χ2n) is 6.39. The zero-order chi connectivity index (χ0) is 19.5. The summed E-state index contributed by atoms with van der Waals surface area (Å²) in [5, 5.41) is 2.88. The molecule has 0 aliphatic rings. The van der Waals surface area contributed by atoms with Crippen molar-refractivity contribution in [1.29, 1.82) is 0 Å². The molecular formula is C21H19N5O2. The van der Waals surface area contributed by atoms with E-state index in [0.29, 0.717) is 17.9 Å².